The van der Waals surface area contributed by atoms with E-state index in [9.17, 15) is 25.5 Å². The molecule has 3 saturated carbocycles. The third-order valence-electron chi connectivity index (χ3n) is 3.22. The van der Waals surface area contributed by atoms with Crippen molar-refractivity contribution in [3.63, 3.8) is 0 Å². The number of alkyl halides is 3. The Morgan fingerprint density at radius 2 is 1.57 bits per heavy atom. The molecule has 0 radical (unpaired) electrons. The average Bonchev–Trinajstić information content (AvgIpc) is 1.68. The largest absolute Gasteiger partial charge is 0.394 e. The fourth-order valence-corrected chi connectivity index (χ4v) is 3.86. The number of hydrogen-bond donors (Lipinski definition) is 0. The van der Waals surface area contributed by atoms with Crippen molar-refractivity contribution in [1.82, 2.24) is 0 Å². The summed E-state index contributed by atoms with van der Waals surface area (Å²) < 4.78 is 69.6. The first-order chi connectivity index (χ1) is 6.08. The lowest BCUT2D eigenvalue weighted by atomic mass is 9.35. The van der Waals surface area contributed by atoms with Crippen LogP contribution in [-0.2, 0) is 10.2 Å². The molecular formula is C7H8F4O2S. The van der Waals surface area contributed by atoms with Gasteiger partial charge in [0.2, 0.25) is 0 Å². The van der Waals surface area contributed by atoms with Crippen molar-refractivity contribution < 1.29 is 25.5 Å². The Morgan fingerprint density at radius 1 is 1.14 bits per heavy atom. The SMILES string of the molecule is O=S(=O)(F)CC12CC(C(F)(F)F)(C1)C2. The molecule has 7 heteroatoms. The van der Waals surface area contributed by atoms with E-state index < -0.39 is 33.0 Å². The first kappa shape index (κ1) is 10.2. The van der Waals surface area contributed by atoms with Crippen LogP contribution in [0.3, 0.4) is 0 Å². The van der Waals surface area contributed by atoms with E-state index in [1.165, 1.54) is 0 Å². The minimum atomic E-state index is -4.64. The summed E-state index contributed by atoms with van der Waals surface area (Å²) in [4.78, 5) is 0. The Morgan fingerprint density at radius 3 is 1.86 bits per heavy atom. The molecule has 3 fully saturated rings. The molecule has 3 aliphatic rings. The number of rotatable bonds is 2. The number of hydrogen-bond acceptors (Lipinski definition) is 2. The maximum absolute atomic E-state index is 12.3. The normalized spacial score (nSPS) is 41.4. The van der Waals surface area contributed by atoms with Gasteiger partial charge in [-0.1, -0.05) is 0 Å². The van der Waals surface area contributed by atoms with Crippen LogP contribution in [0.15, 0.2) is 0 Å². The predicted molar refractivity (Wildman–Crippen MR) is 39.7 cm³/mol. The van der Waals surface area contributed by atoms with E-state index in [0.29, 0.717) is 0 Å². The van der Waals surface area contributed by atoms with E-state index in [1.54, 1.807) is 0 Å². The fraction of sp³-hybridized carbons (Fsp3) is 1.00. The second-order valence-electron chi connectivity index (χ2n) is 4.49. The molecule has 3 rings (SSSR count). The van der Waals surface area contributed by atoms with Gasteiger partial charge < -0.3 is 0 Å². The van der Waals surface area contributed by atoms with Crippen LogP contribution in [-0.4, -0.2) is 20.3 Å². The highest BCUT2D eigenvalue weighted by molar-refractivity contribution is 7.86. The van der Waals surface area contributed by atoms with Crippen LogP contribution in [0.25, 0.3) is 0 Å². The summed E-state index contributed by atoms with van der Waals surface area (Å²) in [5.41, 5.74) is -2.61. The van der Waals surface area contributed by atoms with Crippen LogP contribution in [0.5, 0.6) is 0 Å². The molecule has 0 heterocycles. The third kappa shape index (κ3) is 1.24. The van der Waals surface area contributed by atoms with Gasteiger partial charge in [0.1, 0.15) is 0 Å². The molecule has 0 N–H and O–H groups in total. The first-order valence-corrected chi connectivity index (χ1v) is 5.62. The predicted octanol–water partition coefficient (Wildman–Crippen LogP) is 2.02. The molecule has 2 nitrogen and oxygen atoms in total. The summed E-state index contributed by atoms with van der Waals surface area (Å²) in [6.45, 7) is 0. The highest BCUT2D eigenvalue weighted by atomic mass is 32.3. The van der Waals surface area contributed by atoms with E-state index in [0.717, 1.165) is 0 Å². The molecule has 0 aliphatic heterocycles. The van der Waals surface area contributed by atoms with E-state index in [1.807, 2.05) is 0 Å². The van der Waals surface area contributed by atoms with Crippen molar-refractivity contribution in [3.8, 4) is 0 Å². The summed E-state index contributed by atoms with van der Waals surface area (Å²) in [6.07, 6.45) is -4.96. The lowest BCUT2D eigenvalue weighted by Gasteiger charge is -2.70. The lowest BCUT2D eigenvalue weighted by molar-refractivity contribution is -0.356. The summed E-state index contributed by atoms with van der Waals surface area (Å²) in [6, 6.07) is 0. The van der Waals surface area contributed by atoms with Gasteiger partial charge in [-0.15, -0.1) is 3.89 Å². The minimum absolute atomic E-state index is 0.230. The van der Waals surface area contributed by atoms with Gasteiger partial charge in [0.25, 0.3) is 0 Å². The average molecular weight is 232 g/mol. The van der Waals surface area contributed by atoms with E-state index in [-0.39, 0.29) is 19.3 Å². The highest BCUT2D eigenvalue weighted by Gasteiger charge is 2.78. The molecule has 0 saturated heterocycles. The molecule has 0 aromatic carbocycles. The third-order valence-corrected chi connectivity index (χ3v) is 4.18. The molecule has 0 spiro atoms. The van der Waals surface area contributed by atoms with E-state index in [4.69, 9.17) is 0 Å². The van der Waals surface area contributed by atoms with Crippen molar-refractivity contribution in [2.45, 2.75) is 25.4 Å². The van der Waals surface area contributed by atoms with Crippen LogP contribution < -0.4 is 0 Å². The Hall–Kier alpha value is -0.330. The Bertz CT molecular complexity index is 350. The fourth-order valence-electron chi connectivity index (χ4n) is 2.82. The van der Waals surface area contributed by atoms with E-state index >= 15 is 0 Å². The monoisotopic (exact) mass is 232 g/mol. The van der Waals surface area contributed by atoms with Crippen LogP contribution >= 0.6 is 0 Å². The topological polar surface area (TPSA) is 34.1 Å². The molecule has 82 valence electrons. The zero-order valence-electron chi connectivity index (χ0n) is 7.07. The summed E-state index contributed by atoms with van der Waals surface area (Å²) >= 11 is 0. The minimum Gasteiger partial charge on any atom is -0.195 e. The van der Waals surface area contributed by atoms with Gasteiger partial charge in [-0.2, -0.15) is 21.6 Å². The Labute approximate surface area is 78.5 Å². The molecule has 0 aromatic rings. The summed E-state index contributed by atoms with van der Waals surface area (Å²) in [7, 11) is -4.64. The van der Waals surface area contributed by atoms with Gasteiger partial charge in [-0.25, -0.2) is 0 Å². The molecule has 0 unspecified atom stereocenters. The summed E-state index contributed by atoms with van der Waals surface area (Å²) in [5.74, 6) is -0.752. The molecule has 2 bridgehead atoms. The van der Waals surface area contributed by atoms with Crippen molar-refractivity contribution in [2.24, 2.45) is 10.8 Å². The van der Waals surface area contributed by atoms with Crippen LogP contribution in [0, 0.1) is 10.8 Å². The standard InChI is InChI=1S/C7H8F4O2S/c8-7(9,10)6-1-5(2-6,3-6)4-14(11,12)13/h1-4H2. The van der Waals surface area contributed by atoms with Gasteiger partial charge >= 0.3 is 16.4 Å². The van der Waals surface area contributed by atoms with Crippen LogP contribution in [0.1, 0.15) is 19.3 Å². The van der Waals surface area contributed by atoms with Gasteiger partial charge in [0.05, 0.1) is 11.2 Å². The Kier molecular flexibility index (Phi) is 1.64. The van der Waals surface area contributed by atoms with Crippen LogP contribution in [0.2, 0.25) is 0 Å². The van der Waals surface area contributed by atoms with Crippen molar-refractivity contribution in [1.29, 1.82) is 0 Å². The second-order valence-corrected chi connectivity index (χ2v) is 5.86. The molecule has 3 aliphatic carbocycles. The Balaban J connectivity index is 2.02. The maximum atomic E-state index is 12.3. The van der Waals surface area contributed by atoms with Gasteiger partial charge in [0.15, 0.2) is 0 Å². The second kappa shape index (κ2) is 2.25. The quantitative estimate of drug-likeness (QED) is 0.539. The smallest absolute Gasteiger partial charge is 0.195 e. The molecule has 0 aromatic heterocycles. The van der Waals surface area contributed by atoms with Crippen molar-refractivity contribution >= 4 is 10.2 Å². The zero-order chi connectivity index (χ0) is 10.8. The van der Waals surface area contributed by atoms with E-state index in [2.05, 4.69) is 0 Å². The molecule has 14 heavy (non-hydrogen) atoms. The maximum Gasteiger partial charge on any atom is 0.394 e. The van der Waals surface area contributed by atoms with Crippen molar-refractivity contribution in [2.75, 3.05) is 5.75 Å². The van der Waals surface area contributed by atoms with Gasteiger partial charge in [0, 0.05) is 0 Å². The zero-order valence-corrected chi connectivity index (χ0v) is 7.88. The van der Waals surface area contributed by atoms with Gasteiger partial charge in [-0.3, -0.25) is 0 Å². The lowest BCUT2D eigenvalue weighted by Crippen LogP contribution is -2.69. The molecule has 0 atom stereocenters. The van der Waals surface area contributed by atoms with Crippen molar-refractivity contribution in [3.05, 3.63) is 0 Å². The van der Waals surface area contributed by atoms with Crippen LogP contribution in [0.4, 0.5) is 17.1 Å². The molecular weight excluding hydrogens is 224 g/mol. The highest BCUT2D eigenvalue weighted by Crippen LogP contribution is 2.78. The van der Waals surface area contributed by atoms with Gasteiger partial charge in [-0.05, 0) is 24.7 Å². The summed E-state index contributed by atoms with van der Waals surface area (Å²) in [5, 5.41) is 0. The molecule has 0 amide bonds. The first-order valence-electron chi connectivity index (χ1n) is 4.07. The number of halogens is 4.